The molecular weight excluding hydrogens is 256 g/mol. The molecule has 0 bridgehead atoms. The summed E-state index contributed by atoms with van der Waals surface area (Å²) in [6, 6.07) is 0. The minimum Gasteiger partial charge on any atom is -0.314 e. The zero-order valence-electron chi connectivity index (χ0n) is 9.53. The maximum absolute atomic E-state index is 8.67. The van der Waals surface area contributed by atoms with Crippen LogP contribution in [0.5, 0.6) is 0 Å². The lowest BCUT2D eigenvalue weighted by atomic mass is 10.9. The van der Waals surface area contributed by atoms with E-state index in [4.69, 9.17) is 13.3 Å². The van der Waals surface area contributed by atoms with E-state index in [-0.39, 0.29) is 0 Å². The third kappa shape index (κ3) is 9.21. The predicted molar refractivity (Wildman–Crippen MR) is 70.6 cm³/mol. The Bertz CT molecular complexity index is 411. The number of aromatic nitrogens is 4. The Morgan fingerprint density at radius 2 is 1.33 bits per heavy atom. The van der Waals surface area contributed by atoms with Gasteiger partial charge in [-0.3, -0.25) is 9.11 Å². The molecule has 0 aliphatic heterocycles. The van der Waals surface area contributed by atoms with Gasteiger partial charge in [0.25, 0.3) is 11.4 Å². The monoisotopic (exact) mass is 270 g/mol. The van der Waals surface area contributed by atoms with Crippen molar-refractivity contribution in [1.29, 1.82) is 0 Å². The van der Waals surface area contributed by atoms with Crippen molar-refractivity contribution in [1.82, 2.24) is 19.1 Å². The molecule has 0 aliphatic carbocycles. The number of imidazole rings is 2. The summed E-state index contributed by atoms with van der Waals surface area (Å²) in [7, 11) is 0. The minimum atomic E-state index is -2.61. The first-order valence-corrected chi connectivity index (χ1v) is 5.66. The summed E-state index contributed by atoms with van der Waals surface area (Å²) in [5.41, 5.74) is 0. The zero-order valence-corrected chi connectivity index (χ0v) is 10.3. The number of hydrogen-bond acceptors (Lipinski definition) is 3. The molecule has 0 radical (unpaired) electrons. The molecular formula is C10H14N4O3S. The van der Waals surface area contributed by atoms with E-state index in [9.17, 15) is 0 Å². The molecule has 2 N–H and O–H groups in total. The highest BCUT2D eigenvalue weighted by atomic mass is 32.2. The van der Waals surface area contributed by atoms with Crippen LogP contribution in [-0.2, 0) is 11.4 Å². The van der Waals surface area contributed by atoms with Crippen molar-refractivity contribution in [3.05, 3.63) is 50.6 Å². The summed E-state index contributed by atoms with van der Waals surface area (Å²) in [6.45, 7) is 7.05. The third-order valence-corrected chi connectivity index (χ3v) is 1.47. The topological polar surface area (TPSA) is 93.2 Å². The molecule has 0 fully saturated rings. The van der Waals surface area contributed by atoms with Crippen LogP contribution in [0, 0.1) is 0 Å². The predicted octanol–water partition coefficient (Wildman–Crippen LogP) is 1.65. The minimum absolute atomic E-state index is 1.69. The second-order valence-electron chi connectivity index (χ2n) is 2.62. The van der Waals surface area contributed by atoms with E-state index < -0.39 is 11.4 Å². The van der Waals surface area contributed by atoms with E-state index in [2.05, 4.69) is 23.1 Å². The molecule has 2 heterocycles. The Labute approximate surface area is 107 Å². The van der Waals surface area contributed by atoms with E-state index >= 15 is 0 Å². The van der Waals surface area contributed by atoms with E-state index in [0.717, 1.165) is 0 Å². The molecule has 98 valence electrons. The molecule has 2 rings (SSSR count). The summed E-state index contributed by atoms with van der Waals surface area (Å²) in [4.78, 5) is 7.57. The van der Waals surface area contributed by atoms with Gasteiger partial charge in [0.15, 0.2) is 0 Å². The van der Waals surface area contributed by atoms with Gasteiger partial charge in [-0.1, -0.05) is 13.2 Å². The first kappa shape index (κ1) is 16.0. The lowest BCUT2D eigenvalue weighted by molar-refractivity contribution is 0.454. The molecule has 0 saturated heterocycles. The summed E-state index contributed by atoms with van der Waals surface area (Å²) >= 11 is -2.61. The molecule has 0 aromatic carbocycles. The Kier molecular flexibility index (Phi) is 9.00. The van der Waals surface area contributed by atoms with E-state index in [1.807, 2.05) is 12.4 Å². The van der Waals surface area contributed by atoms with Crippen molar-refractivity contribution >= 4 is 23.8 Å². The standard InChI is InChI=1S/2C5H6N2.H2O3S/c2*1-2-7-4-3-6-5-7;1-4(2)3/h2*2-5H,1H2;(H2,1,2,3). The highest BCUT2D eigenvalue weighted by Crippen LogP contribution is 1.81. The quantitative estimate of drug-likeness (QED) is 0.809. The second-order valence-corrected chi connectivity index (χ2v) is 3.08. The van der Waals surface area contributed by atoms with Crippen LogP contribution in [0.15, 0.2) is 50.6 Å². The highest BCUT2D eigenvalue weighted by molar-refractivity contribution is 7.73. The first-order chi connectivity index (χ1) is 8.60. The summed E-state index contributed by atoms with van der Waals surface area (Å²) in [5.74, 6) is 0. The molecule has 2 aromatic heterocycles. The zero-order chi connectivity index (χ0) is 13.8. The Morgan fingerprint density at radius 1 is 1.00 bits per heavy atom. The highest BCUT2D eigenvalue weighted by Gasteiger charge is 1.73. The van der Waals surface area contributed by atoms with Crippen LogP contribution in [0.1, 0.15) is 0 Å². The molecule has 0 unspecified atom stereocenters. The van der Waals surface area contributed by atoms with Gasteiger partial charge in [0.1, 0.15) is 0 Å². The van der Waals surface area contributed by atoms with E-state index in [1.54, 1.807) is 46.6 Å². The van der Waals surface area contributed by atoms with Gasteiger partial charge in [-0.05, 0) is 0 Å². The molecule has 0 atom stereocenters. The molecule has 0 aliphatic rings. The maximum Gasteiger partial charge on any atom is 0.299 e. The van der Waals surface area contributed by atoms with Crippen LogP contribution >= 0.6 is 0 Å². The largest absolute Gasteiger partial charge is 0.314 e. The lowest BCUT2D eigenvalue weighted by Gasteiger charge is -1.80. The van der Waals surface area contributed by atoms with Crippen molar-refractivity contribution in [3.8, 4) is 0 Å². The van der Waals surface area contributed by atoms with Crippen LogP contribution in [0.2, 0.25) is 0 Å². The molecule has 8 heteroatoms. The number of rotatable bonds is 2. The molecule has 0 spiro atoms. The van der Waals surface area contributed by atoms with Gasteiger partial charge in [0.05, 0.1) is 12.7 Å². The average molecular weight is 270 g/mol. The van der Waals surface area contributed by atoms with Crippen molar-refractivity contribution in [2.75, 3.05) is 0 Å². The Morgan fingerprint density at radius 3 is 1.44 bits per heavy atom. The van der Waals surface area contributed by atoms with Crippen LogP contribution in [0.25, 0.3) is 12.4 Å². The fourth-order valence-electron chi connectivity index (χ4n) is 0.755. The fraction of sp³-hybridized carbons (Fsp3) is 0. The first-order valence-electron chi connectivity index (χ1n) is 4.60. The van der Waals surface area contributed by atoms with E-state index in [0.29, 0.717) is 0 Å². The van der Waals surface area contributed by atoms with Crippen molar-refractivity contribution in [2.24, 2.45) is 0 Å². The van der Waals surface area contributed by atoms with Crippen LogP contribution in [-0.4, -0.2) is 32.4 Å². The van der Waals surface area contributed by atoms with Crippen molar-refractivity contribution in [2.45, 2.75) is 0 Å². The smallest absolute Gasteiger partial charge is 0.299 e. The lowest BCUT2D eigenvalue weighted by Crippen LogP contribution is -1.74. The number of hydrogen-bond donors (Lipinski definition) is 2. The summed E-state index contributed by atoms with van der Waals surface area (Å²) in [6.07, 6.45) is 13.8. The van der Waals surface area contributed by atoms with Gasteiger partial charge in [-0.15, -0.1) is 0 Å². The molecule has 2 aromatic rings. The number of nitrogens with zero attached hydrogens (tertiary/aromatic N) is 4. The Hall–Kier alpha value is -2.03. The van der Waals surface area contributed by atoms with Gasteiger partial charge in [-0.25, -0.2) is 9.97 Å². The van der Waals surface area contributed by atoms with Crippen LogP contribution in [0.4, 0.5) is 0 Å². The summed E-state index contributed by atoms with van der Waals surface area (Å²) in [5, 5.41) is 0. The molecule has 7 nitrogen and oxygen atoms in total. The normalized spacial score (nSPS) is 8.61. The average Bonchev–Trinajstić information content (AvgIpc) is 3.02. The van der Waals surface area contributed by atoms with Gasteiger partial charge < -0.3 is 9.13 Å². The van der Waals surface area contributed by atoms with Gasteiger partial charge in [-0.2, -0.15) is 4.21 Å². The van der Waals surface area contributed by atoms with Crippen molar-refractivity contribution < 1.29 is 13.3 Å². The van der Waals surface area contributed by atoms with Crippen molar-refractivity contribution in [3.63, 3.8) is 0 Å². The summed E-state index contributed by atoms with van der Waals surface area (Å²) < 4.78 is 26.4. The van der Waals surface area contributed by atoms with Gasteiger partial charge in [0, 0.05) is 37.2 Å². The van der Waals surface area contributed by atoms with E-state index in [1.165, 1.54) is 0 Å². The molecule has 0 amide bonds. The fourth-order valence-corrected chi connectivity index (χ4v) is 0.755. The van der Waals surface area contributed by atoms with Crippen LogP contribution in [0.3, 0.4) is 0 Å². The SMILES string of the molecule is C=Cn1ccnc1.C=Cn1ccnc1.O=S(O)O. The molecule has 0 saturated carbocycles. The van der Waals surface area contributed by atoms with Gasteiger partial charge >= 0.3 is 0 Å². The Balaban J connectivity index is 0.000000253. The van der Waals surface area contributed by atoms with Crippen LogP contribution < -0.4 is 0 Å². The maximum atomic E-state index is 8.67. The van der Waals surface area contributed by atoms with Gasteiger partial charge in [0.2, 0.25) is 0 Å². The third-order valence-electron chi connectivity index (χ3n) is 1.47. The second kappa shape index (κ2) is 10.1. The molecule has 18 heavy (non-hydrogen) atoms.